The average molecular weight is 753 g/mol. The van der Waals surface area contributed by atoms with E-state index in [1.54, 1.807) is 4.78 Å². The van der Waals surface area contributed by atoms with Crippen LogP contribution in [0.1, 0.15) is 97.6 Å². The van der Waals surface area contributed by atoms with Gasteiger partial charge in [-0.3, -0.25) is 0 Å². The van der Waals surface area contributed by atoms with E-state index in [0.29, 0.717) is 30.5 Å². The van der Waals surface area contributed by atoms with Gasteiger partial charge in [-0.25, -0.2) is 0 Å². The number of thiophene rings is 1. The second kappa shape index (κ2) is 13.7. The number of benzene rings is 5. The number of nitrogens with zero attached hydrogens (tertiary/aromatic N) is 2. The molecule has 3 heterocycles. The van der Waals surface area contributed by atoms with Crippen molar-refractivity contribution in [2.75, 3.05) is 9.80 Å². The molecule has 10 rings (SSSR count). The fourth-order valence-electron chi connectivity index (χ4n) is 11.4. The third kappa shape index (κ3) is 6.05. The number of rotatable bonds is 4. The van der Waals surface area contributed by atoms with Crippen molar-refractivity contribution < 1.29 is 0 Å². The van der Waals surface area contributed by atoms with Crippen molar-refractivity contribution in [2.24, 2.45) is 11.8 Å². The van der Waals surface area contributed by atoms with Gasteiger partial charge in [-0.15, -0.1) is 11.3 Å². The monoisotopic (exact) mass is 752 g/mol. The second-order valence-electron chi connectivity index (χ2n) is 19.6. The summed E-state index contributed by atoms with van der Waals surface area (Å²) in [5.41, 5.74) is 12.7. The summed E-state index contributed by atoms with van der Waals surface area (Å²) in [5.74, 6) is 1.94. The van der Waals surface area contributed by atoms with Gasteiger partial charge < -0.3 is 9.80 Å². The summed E-state index contributed by atoms with van der Waals surface area (Å²) < 4.78 is 2.97. The van der Waals surface area contributed by atoms with E-state index in [0.717, 1.165) is 5.92 Å². The molecule has 2 aliphatic carbocycles. The Bertz CT molecular complexity index is 2370. The van der Waals surface area contributed by atoms with Crippen LogP contribution in [0.3, 0.4) is 0 Å². The van der Waals surface area contributed by atoms with Crippen LogP contribution < -0.4 is 20.0 Å². The molecule has 6 aromatic rings. The molecule has 0 bridgehead atoms. The number of hydrogen-bond acceptors (Lipinski definition) is 3. The zero-order chi connectivity index (χ0) is 38.3. The first-order valence-corrected chi connectivity index (χ1v) is 22.4. The summed E-state index contributed by atoms with van der Waals surface area (Å²) >= 11 is 2.07. The van der Waals surface area contributed by atoms with Crippen LogP contribution in [0.5, 0.6) is 0 Å². The molecule has 0 radical (unpaired) electrons. The molecule has 56 heavy (non-hydrogen) atoms. The molecule has 2 nitrogen and oxygen atoms in total. The maximum absolute atomic E-state index is 2.89. The SMILES string of the molecule is CC(C)(C)c1ccc(N2c3cc(C(C)(C)C)ccc3B3c4sc5ccccc5c4N(c4cccc(-c5ccccc5)c4)C4CC(C5CCCCC5)CC2C34)cc1. The highest BCUT2D eigenvalue weighted by Crippen LogP contribution is 2.57. The quantitative estimate of drug-likeness (QED) is 0.166. The van der Waals surface area contributed by atoms with Crippen molar-refractivity contribution in [1.29, 1.82) is 0 Å². The molecule has 2 saturated carbocycles. The van der Waals surface area contributed by atoms with Gasteiger partial charge in [0.2, 0.25) is 6.71 Å². The summed E-state index contributed by atoms with van der Waals surface area (Å²) in [6, 6.07) is 48.0. The van der Waals surface area contributed by atoms with E-state index in [-0.39, 0.29) is 10.8 Å². The predicted octanol–water partition coefficient (Wildman–Crippen LogP) is 13.2. The maximum atomic E-state index is 2.89. The van der Waals surface area contributed by atoms with Crippen LogP contribution >= 0.6 is 11.3 Å². The highest BCUT2D eigenvalue weighted by molar-refractivity contribution is 7.32. The Labute approximate surface area is 340 Å². The highest BCUT2D eigenvalue weighted by Gasteiger charge is 2.58. The molecule has 4 unspecified atom stereocenters. The maximum Gasteiger partial charge on any atom is 0.235 e. The minimum atomic E-state index is 0.0588. The van der Waals surface area contributed by atoms with Gasteiger partial charge in [0.25, 0.3) is 0 Å². The van der Waals surface area contributed by atoms with Crippen molar-refractivity contribution in [3.05, 3.63) is 132 Å². The standard InChI is InChI=1S/C52H57BN2S/c1-51(2,3)38-24-27-40(28-25-38)54-44-33-39(52(4,5)6)26-29-43(44)53-48-45(54)31-37(35-18-11-8-12-19-35)32-46(48)55(49-42-22-13-14-23-47(42)56-50(49)53)41-21-15-20-36(30-41)34-16-9-7-10-17-34/h7,9-10,13-17,20-30,33,35,37,45-46,48H,8,11-12,18-19,31-32H2,1-6H3. The molecule has 4 aliphatic rings. The zero-order valence-electron chi connectivity index (χ0n) is 34.3. The van der Waals surface area contributed by atoms with Gasteiger partial charge in [-0.05, 0) is 105 Å². The molecular formula is C52H57BN2S. The van der Waals surface area contributed by atoms with Crippen molar-refractivity contribution in [2.45, 2.75) is 115 Å². The molecule has 284 valence electrons. The van der Waals surface area contributed by atoms with E-state index >= 15 is 0 Å². The van der Waals surface area contributed by atoms with Crippen LogP contribution in [0.4, 0.5) is 22.7 Å². The molecule has 0 N–H and O–H groups in total. The van der Waals surface area contributed by atoms with E-state index in [1.807, 2.05) is 0 Å². The lowest BCUT2D eigenvalue weighted by Gasteiger charge is -2.59. The van der Waals surface area contributed by atoms with Crippen molar-refractivity contribution >= 4 is 61.1 Å². The number of hydrogen-bond donors (Lipinski definition) is 0. The molecular weight excluding hydrogens is 695 g/mol. The lowest BCUT2D eigenvalue weighted by atomic mass is 9.28. The smallest absolute Gasteiger partial charge is 0.235 e. The van der Waals surface area contributed by atoms with Crippen LogP contribution in [0.25, 0.3) is 21.2 Å². The Morgan fingerprint density at radius 3 is 1.96 bits per heavy atom. The van der Waals surface area contributed by atoms with E-state index in [9.17, 15) is 0 Å². The number of fused-ring (bicyclic) bond motifs is 6. The van der Waals surface area contributed by atoms with Crippen LogP contribution in [0.15, 0.2) is 121 Å². The Morgan fingerprint density at radius 1 is 0.571 bits per heavy atom. The fourth-order valence-corrected chi connectivity index (χ4v) is 12.8. The lowest BCUT2D eigenvalue weighted by molar-refractivity contribution is 0.168. The first kappa shape index (κ1) is 36.1. The third-order valence-electron chi connectivity index (χ3n) is 14.2. The summed E-state index contributed by atoms with van der Waals surface area (Å²) in [6.45, 7) is 14.5. The van der Waals surface area contributed by atoms with Gasteiger partial charge in [0, 0.05) is 44.0 Å². The molecule has 4 atom stereocenters. The molecule has 4 heteroatoms. The minimum Gasteiger partial charge on any atom is -0.339 e. The lowest BCUT2D eigenvalue weighted by Crippen LogP contribution is -2.68. The van der Waals surface area contributed by atoms with Crippen molar-refractivity contribution in [1.82, 2.24) is 0 Å². The second-order valence-corrected chi connectivity index (χ2v) is 20.7. The third-order valence-corrected chi connectivity index (χ3v) is 15.4. The van der Waals surface area contributed by atoms with Crippen molar-refractivity contribution in [3.63, 3.8) is 0 Å². The Kier molecular flexibility index (Phi) is 8.82. The average Bonchev–Trinajstić information content (AvgIpc) is 3.59. The van der Waals surface area contributed by atoms with Gasteiger partial charge in [0.15, 0.2) is 0 Å². The largest absolute Gasteiger partial charge is 0.339 e. The molecule has 1 aromatic heterocycles. The molecule has 5 aromatic carbocycles. The molecule has 2 aliphatic heterocycles. The first-order chi connectivity index (χ1) is 27.0. The Balaban J connectivity index is 1.24. The Hall–Kier alpha value is -4.28. The Morgan fingerprint density at radius 2 is 1.23 bits per heavy atom. The van der Waals surface area contributed by atoms with E-state index in [1.165, 1.54) is 105 Å². The minimum absolute atomic E-state index is 0.0588. The summed E-state index contributed by atoms with van der Waals surface area (Å²) in [4.78, 5) is 5.76. The normalized spacial score (nSPS) is 22.5. The van der Waals surface area contributed by atoms with Crippen molar-refractivity contribution in [3.8, 4) is 11.1 Å². The van der Waals surface area contributed by atoms with Gasteiger partial charge in [-0.2, -0.15) is 0 Å². The molecule has 2 fully saturated rings. The first-order valence-electron chi connectivity index (χ1n) is 21.5. The molecule has 0 spiro atoms. The van der Waals surface area contributed by atoms with E-state index in [4.69, 9.17) is 0 Å². The van der Waals surface area contributed by atoms with Gasteiger partial charge in [-0.1, -0.05) is 159 Å². The topological polar surface area (TPSA) is 6.48 Å². The molecule has 0 saturated heterocycles. The van der Waals surface area contributed by atoms with E-state index in [2.05, 4.69) is 184 Å². The van der Waals surface area contributed by atoms with Crippen LogP contribution in [0.2, 0.25) is 5.82 Å². The van der Waals surface area contributed by atoms with Gasteiger partial charge in [0.1, 0.15) is 0 Å². The fraction of sp³-hybridized carbons (Fsp3) is 0.385. The summed E-state index contributed by atoms with van der Waals surface area (Å²) in [6.07, 6.45) is 9.48. The van der Waals surface area contributed by atoms with Crippen LogP contribution in [-0.2, 0) is 10.8 Å². The zero-order valence-corrected chi connectivity index (χ0v) is 35.1. The van der Waals surface area contributed by atoms with Gasteiger partial charge in [0.05, 0.1) is 5.69 Å². The summed E-state index contributed by atoms with van der Waals surface area (Å²) in [7, 11) is 0. The van der Waals surface area contributed by atoms with Gasteiger partial charge >= 0.3 is 0 Å². The highest BCUT2D eigenvalue weighted by atomic mass is 32.1. The van der Waals surface area contributed by atoms with Crippen LogP contribution in [-0.4, -0.2) is 18.8 Å². The molecule has 0 amide bonds. The summed E-state index contributed by atoms with van der Waals surface area (Å²) in [5, 5.41) is 1.42. The van der Waals surface area contributed by atoms with E-state index < -0.39 is 0 Å². The van der Waals surface area contributed by atoms with Crippen LogP contribution in [0, 0.1) is 11.8 Å². The number of anilines is 4. The predicted molar refractivity (Wildman–Crippen MR) is 244 cm³/mol.